The molecule has 1 heterocycles. The molecule has 0 bridgehead atoms. The van der Waals surface area contributed by atoms with Crippen LogP contribution in [-0.2, 0) is 20.9 Å². The zero-order valence-corrected chi connectivity index (χ0v) is 17.4. The van der Waals surface area contributed by atoms with E-state index in [1.54, 1.807) is 24.3 Å². The minimum Gasteiger partial charge on any atom is -0.461 e. The molecule has 4 rings (SSSR count). The van der Waals surface area contributed by atoms with E-state index in [0.29, 0.717) is 5.56 Å². The van der Waals surface area contributed by atoms with Gasteiger partial charge in [0.25, 0.3) is 5.91 Å². The van der Waals surface area contributed by atoms with Crippen LogP contribution in [0.4, 0.5) is 11.4 Å². The van der Waals surface area contributed by atoms with Crippen molar-refractivity contribution in [3.63, 3.8) is 0 Å². The lowest BCUT2D eigenvalue weighted by atomic mass is 10.1. The standard InChI is InChI=1S/C24H20N2O4S/c27-22(14-21-24(29)26-19-8-4-5-9-20(19)31-21)30-15-16-10-12-17(13-11-16)23(28)25-18-6-2-1-3-7-18/h1-13,21H,14-15H2,(H,25,28)(H,26,29)/t21-/m1/s1. The van der Waals surface area contributed by atoms with Crippen molar-refractivity contribution in [1.82, 2.24) is 0 Å². The summed E-state index contributed by atoms with van der Waals surface area (Å²) >= 11 is 1.36. The second-order valence-electron chi connectivity index (χ2n) is 6.97. The number of hydrogen-bond donors (Lipinski definition) is 2. The fraction of sp³-hybridized carbons (Fsp3) is 0.125. The van der Waals surface area contributed by atoms with Crippen molar-refractivity contribution < 1.29 is 19.1 Å². The van der Waals surface area contributed by atoms with Crippen LogP contribution >= 0.6 is 11.8 Å². The molecule has 3 aromatic rings. The predicted octanol–water partition coefficient (Wildman–Crippen LogP) is 4.49. The van der Waals surface area contributed by atoms with Gasteiger partial charge in [0.1, 0.15) is 6.61 Å². The number of carbonyl (C=O) groups is 3. The highest BCUT2D eigenvalue weighted by atomic mass is 32.2. The number of para-hydroxylation sites is 2. The summed E-state index contributed by atoms with van der Waals surface area (Å²) in [6, 6.07) is 23.5. The first-order valence-electron chi connectivity index (χ1n) is 9.76. The van der Waals surface area contributed by atoms with Gasteiger partial charge < -0.3 is 15.4 Å². The minimum atomic E-state index is -0.522. The zero-order chi connectivity index (χ0) is 21.6. The normalized spacial score (nSPS) is 14.8. The van der Waals surface area contributed by atoms with Gasteiger partial charge in [0.15, 0.2) is 0 Å². The van der Waals surface area contributed by atoms with Crippen LogP contribution < -0.4 is 10.6 Å². The Balaban J connectivity index is 1.28. The van der Waals surface area contributed by atoms with Crippen LogP contribution in [0.3, 0.4) is 0 Å². The SMILES string of the molecule is O=C(C[C@H]1Sc2ccccc2NC1=O)OCc1ccc(C(=O)Nc2ccccc2)cc1. The second-order valence-corrected chi connectivity index (χ2v) is 8.22. The van der Waals surface area contributed by atoms with Crippen LogP contribution in [0.15, 0.2) is 83.8 Å². The van der Waals surface area contributed by atoms with Crippen LogP contribution in [-0.4, -0.2) is 23.0 Å². The van der Waals surface area contributed by atoms with Gasteiger partial charge in [-0.25, -0.2) is 0 Å². The fourth-order valence-corrected chi connectivity index (χ4v) is 4.17. The molecule has 0 aliphatic carbocycles. The molecule has 0 saturated carbocycles. The number of anilines is 2. The van der Waals surface area contributed by atoms with Gasteiger partial charge in [-0.2, -0.15) is 0 Å². The molecule has 0 saturated heterocycles. The van der Waals surface area contributed by atoms with Gasteiger partial charge in [-0.3, -0.25) is 14.4 Å². The predicted molar refractivity (Wildman–Crippen MR) is 120 cm³/mol. The van der Waals surface area contributed by atoms with Gasteiger partial charge in [-0.15, -0.1) is 11.8 Å². The Morgan fingerprint density at radius 3 is 2.42 bits per heavy atom. The summed E-state index contributed by atoms with van der Waals surface area (Å²) in [7, 11) is 0. The molecule has 0 fully saturated rings. The van der Waals surface area contributed by atoms with E-state index in [-0.39, 0.29) is 24.8 Å². The smallest absolute Gasteiger partial charge is 0.307 e. The van der Waals surface area contributed by atoms with Gasteiger partial charge in [-0.05, 0) is 42.0 Å². The van der Waals surface area contributed by atoms with E-state index in [2.05, 4.69) is 10.6 Å². The number of benzene rings is 3. The van der Waals surface area contributed by atoms with Crippen LogP contribution in [0.2, 0.25) is 0 Å². The van der Waals surface area contributed by atoms with Crippen molar-refractivity contribution in [3.05, 3.63) is 90.0 Å². The highest BCUT2D eigenvalue weighted by Gasteiger charge is 2.29. The lowest BCUT2D eigenvalue weighted by Crippen LogP contribution is -2.31. The Labute approximate surface area is 184 Å². The van der Waals surface area contributed by atoms with E-state index < -0.39 is 11.2 Å². The van der Waals surface area contributed by atoms with Gasteiger partial charge in [0.2, 0.25) is 5.91 Å². The summed E-state index contributed by atoms with van der Waals surface area (Å²) in [5, 5.41) is 5.12. The monoisotopic (exact) mass is 432 g/mol. The van der Waals surface area contributed by atoms with Gasteiger partial charge in [-0.1, -0.05) is 42.5 Å². The highest BCUT2D eigenvalue weighted by Crippen LogP contribution is 2.36. The number of amides is 2. The first-order valence-corrected chi connectivity index (χ1v) is 10.6. The molecule has 0 unspecified atom stereocenters. The lowest BCUT2D eigenvalue weighted by Gasteiger charge is -2.23. The van der Waals surface area contributed by atoms with Crippen LogP contribution in [0.1, 0.15) is 22.3 Å². The molecule has 6 nitrogen and oxygen atoms in total. The van der Waals surface area contributed by atoms with Crippen molar-refractivity contribution in [3.8, 4) is 0 Å². The molecule has 31 heavy (non-hydrogen) atoms. The molecular weight excluding hydrogens is 412 g/mol. The summed E-state index contributed by atoms with van der Waals surface area (Å²) in [5.41, 5.74) is 2.75. The molecule has 2 amide bonds. The third-order valence-electron chi connectivity index (χ3n) is 4.71. The molecule has 0 aromatic heterocycles. The maximum absolute atomic E-state index is 12.3. The quantitative estimate of drug-likeness (QED) is 0.561. The minimum absolute atomic E-state index is 0.0115. The largest absolute Gasteiger partial charge is 0.461 e. The fourth-order valence-electron chi connectivity index (χ4n) is 3.08. The zero-order valence-electron chi connectivity index (χ0n) is 16.5. The molecule has 1 aliphatic heterocycles. The van der Waals surface area contributed by atoms with Crippen molar-refractivity contribution in [1.29, 1.82) is 0 Å². The molecule has 0 radical (unpaired) electrons. The average Bonchev–Trinajstić information content (AvgIpc) is 2.79. The van der Waals surface area contributed by atoms with E-state index in [0.717, 1.165) is 21.8 Å². The van der Waals surface area contributed by atoms with Crippen molar-refractivity contribution in [2.24, 2.45) is 0 Å². The molecule has 0 spiro atoms. The molecule has 1 aliphatic rings. The third kappa shape index (κ3) is 5.32. The van der Waals surface area contributed by atoms with Crippen LogP contribution in [0.5, 0.6) is 0 Å². The highest BCUT2D eigenvalue weighted by molar-refractivity contribution is 8.01. The molecule has 1 atom stereocenters. The lowest BCUT2D eigenvalue weighted by molar-refractivity contribution is -0.145. The maximum atomic E-state index is 12.3. The summed E-state index contributed by atoms with van der Waals surface area (Å²) in [6.07, 6.45) is -0.0115. The Morgan fingerprint density at radius 2 is 1.65 bits per heavy atom. The first kappa shape index (κ1) is 20.7. The van der Waals surface area contributed by atoms with Crippen molar-refractivity contribution >= 4 is 40.9 Å². The van der Waals surface area contributed by atoms with Crippen LogP contribution in [0.25, 0.3) is 0 Å². The number of fused-ring (bicyclic) bond motifs is 1. The van der Waals surface area contributed by atoms with Gasteiger partial charge >= 0.3 is 5.97 Å². The Morgan fingerprint density at radius 1 is 0.935 bits per heavy atom. The summed E-state index contributed by atoms with van der Waals surface area (Å²) in [5.74, 6) is -0.859. The second kappa shape index (κ2) is 9.49. The van der Waals surface area contributed by atoms with Crippen molar-refractivity contribution in [2.75, 3.05) is 10.6 Å². The van der Waals surface area contributed by atoms with Gasteiger partial charge in [0, 0.05) is 16.1 Å². The number of carbonyl (C=O) groups excluding carboxylic acids is 3. The van der Waals surface area contributed by atoms with E-state index in [4.69, 9.17) is 4.74 Å². The number of esters is 1. The summed E-state index contributed by atoms with van der Waals surface area (Å²) in [6.45, 7) is 0.0784. The molecule has 156 valence electrons. The van der Waals surface area contributed by atoms with Crippen molar-refractivity contribution in [2.45, 2.75) is 23.2 Å². The maximum Gasteiger partial charge on any atom is 0.307 e. The first-order chi connectivity index (χ1) is 15.1. The van der Waals surface area contributed by atoms with E-state index >= 15 is 0 Å². The summed E-state index contributed by atoms with van der Waals surface area (Å²) < 4.78 is 5.33. The van der Waals surface area contributed by atoms with Gasteiger partial charge in [0.05, 0.1) is 17.4 Å². The Kier molecular flexibility index (Phi) is 6.33. The summed E-state index contributed by atoms with van der Waals surface area (Å²) in [4.78, 5) is 37.7. The number of hydrogen-bond acceptors (Lipinski definition) is 5. The number of thioether (sulfide) groups is 1. The Hall–Kier alpha value is -3.58. The molecular formula is C24H20N2O4S. The van der Waals surface area contributed by atoms with E-state index in [1.165, 1.54) is 11.8 Å². The molecule has 2 N–H and O–H groups in total. The van der Waals surface area contributed by atoms with Crippen LogP contribution in [0, 0.1) is 0 Å². The number of nitrogens with one attached hydrogen (secondary N) is 2. The average molecular weight is 433 g/mol. The number of rotatable bonds is 6. The topological polar surface area (TPSA) is 84.5 Å². The molecule has 7 heteroatoms. The number of ether oxygens (including phenoxy) is 1. The Bertz CT molecular complexity index is 1100. The third-order valence-corrected chi connectivity index (χ3v) is 5.98. The molecule has 3 aromatic carbocycles. The van der Waals surface area contributed by atoms with E-state index in [9.17, 15) is 14.4 Å². The van der Waals surface area contributed by atoms with E-state index in [1.807, 2.05) is 54.6 Å².